The standard InChI is InChI=1S/C10H17NO2/c1-11-7-3-4-9(8-11)5-6-10(12)13-2/h5-6,9H,3-4,7-8H2,1-2H3/b6-5-. The first kappa shape index (κ1) is 10.3. The molecule has 0 aliphatic carbocycles. The Kier molecular flexibility index (Phi) is 3.96. The third-order valence-corrected chi connectivity index (χ3v) is 2.37. The summed E-state index contributed by atoms with van der Waals surface area (Å²) >= 11 is 0. The Hall–Kier alpha value is -0.830. The van der Waals surface area contributed by atoms with E-state index in [0.717, 1.165) is 6.54 Å². The fourth-order valence-electron chi connectivity index (χ4n) is 1.65. The van der Waals surface area contributed by atoms with Gasteiger partial charge in [-0.25, -0.2) is 4.79 Å². The third kappa shape index (κ3) is 3.59. The molecule has 1 aliphatic rings. The first-order valence-electron chi connectivity index (χ1n) is 4.67. The van der Waals surface area contributed by atoms with E-state index < -0.39 is 0 Å². The topological polar surface area (TPSA) is 29.5 Å². The number of hydrogen-bond acceptors (Lipinski definition) is 3. The van der Waals surface area contributed by atoms with Gasteiger partial charge in [0.25, 0.3) is 0 Å². The molecule has 0 aromatic rings. The van der Waals surface area contributed by atoms with Crippen LogP contribution in [0.1, 0.15) is 12.8 Å². The molecule has 0 aromatic heterocycles. The van der Waals surface area contributed by atoms with Crippen LogP contribution >= 0.6 is 0 Å². The lowest BCUT2D eigenvalue weighted by Gasteiger charge is -2.27. The van der Waals surface area contributed by atoms with Crippen molar-refractivity contribution >= 4 is 5.97 Å². The van der Waals surface area contributed by atoms with Crippen LogP contribution in [0, 0.1) is 5.92 Å². The van der Waals surface area contributed by atoms with Gasteiger partial charge in [0.15, 0.2) is 0 Å². The molecule has 0 bridgehead atoms. The van der Waals surface area contributed by atoms with Gasteiger partial charge in [-0.3, -0.25) is 0 Å². The van der Waals surface area contributed by atoms with Gasteiger partial charge in [0.1, 0.15) is 0 Å². The van der Waals surface area contributed by atoms with E-state index in [0.29, 0.717) is 5.92 Å². The summed E-state index contributed by atoms with van der Waals surface area (Å²) in [5, 5.41) is 0. The highest BCUT2D eigenvalue weighted by Crippen LogP contribution is 2.15. The Morgan fingerprint density at radius 3 is 3.00 bits per heavy atom. The molecular weight excluding hydrogens is 166 g/mol. The van der Waals surface area contributed by atoms with Gasteiger partial charge in [-0.05, 0) is 32.4 Å². The van der Waals surface area contributed by atoms with Crippen LogP contribution in [-0.2, 0) is 9.53 Å². The second-order valence-corrected chi connectivity index (χ2v) is 3.55. The van der Waals surface area contributed by atoms with Crippen molar-refractivity contribution in [3.63, 3.8) is 0 Å². The zero-order valence-electron chi connectivity index (χ0n) is 8.32. The molecule has 13 heavy (non-hydrogen) atoms. The summed E-state index contributed by atoms with van der Waals surface area (Å²) in [6.45, 7) is 2.22. The number of ether oxygens (including phenoxy) is 1. The Balaban J connectivity index is 2.35. The van der Waals surface area contributed by atoms with Crippen LogP contribution in [0.4, 0.5) is 0 Å². The van der Waals surface area contributed by atoms with Crippen LogP contribution in [0.5, 0.6) is 0 Å². The van der Waals surface area contributed by atoms with E-state index in [1.165, 1.54) is 32.6 Å². The van der Waals surface area contributed by atoms with E-state index in [1.54, 1.807) is 0 Å². The molecule has 1 saturated heterocycles. The van der Waals surface area contributed by atoms with Gasteiger partial charge in [-0.2, -0.15) is 0 Å². The molecule has 0 amide bonds. The van der Waals surface area contributed by atoms with Gasteiger partial charge in [0.2, 0.25) is 0 Å². The lowest BCUT2D eigenvalue weighted by atomic mass is 9.98. The number of esters is 1. The maximum absolute atomic E-state index is 10.8. The molecule has 1 heterocycles. The van der Waals surface area contributed by atoms with E-state index in [4.69, 9.17) is 0 Å². The molecule has 0 aromatic carbocycles. The van der Waals surface area contributed by atoms with Crippen molar-refractivity contribution in [3.05, 3.63) is 12.2 Å². The van der Waals surface area contributed by atoms with Crippen molar-refractivity contribution in [3.8, 4) is 0 Å². The number of rotatable bonds is 2. The quantitative estimate of drug-likeness (QED) is 0.473. The Labute approximate surface area is 79.4 Å². The van der Waals surface area contributed by atoms with Crippen LogP contribution in [0.15, 0.2) is 12.2 Å². The number of piperidine rings is 1. The molecule has 74 valence electrons. The van der Waals surface area contributed by atoms with Crippen LogP contribution in [0.25, 0.3) is 0 Å². The first-order chi connectivity index (χ1) is 6.22. The number of methoxy groups -OCH3 is 1. The highest BCUT2D eigenvalue weighted by Gasteiger charge is 2.14. The van der Waals surface area contributed by atoms with Gasteiger partial charge in [0.05, 0.1) is 7.11 Å². The minimum Gasteiger partial charge on any atom is -0.466 e. The zero-order chi connectivity index (χ0) is 9.68. The average Bonchev–Trinajstić information content (AvgIpc) is 2.14. The predicted molar refractivity (Wildman–Crippen MR) is 51.4 cm³/mol. The summed E-state index contributed by atoms with van der Waals surface area (Å²) in [7, 11) is 3.51. The second kappa shape index (κ2) is 5.02. The lowest BCUT2D eigenvalue weighted by molar-refractivity contribution is -0.134. The fourth-order valence-corrected chi connectivity index (χ4v) is 1.65. The van der Waals surface area contributed by atoms with E-state index in [-0.39, 0.29) is 5.97 Å². The van der Waals surface area contributed by atoms with Gasteiger partial charge in [-0.1, -0.05) is 6.08 Å². The average molecular weight is 183 g/mol. The minimum atomic E-state index is -0.256. The molecule has 1 rings (SSSR count). The number of hydrogen-bond donors (Lipinski definition) is 0. The van der Waals surface area contributed by atoms with E-state index in [1.807, 2.05) is 6.08 Å². The lowest BCUT2D eigenvalue weighted by Crippen LogP contribution is -2.31. The fraction of sp³-hybridized carbons (Fsp3) is 0.700. The van der Waals surface area contributed by atoms with Crippen molar-refractivity contribution in [2.45, 2.75) is 12.8 Å². The van der Waals surface area contributed by atoms with Crippen molar-refractivity contribution in [1.29, 1.82) is 0 Å². The molecule has 1 unspecified atom stereocenters. The van der Waals surface area contributed by atoms with Gasteiger partial charge >= 0.3 is 5.97 Å². The number of nitrogens with zero attached hydrogens (tertiary/aromatic N) is 1. The molecule has 1 atom stereocenters. The van der Waals surface area contributed by atoms with Crippen LogP contribution in [0.2, 0.25) is 0 Å². The Bertz CT molecular complexity index is 201. The summed E-state index contributed by atoms with van der Waals surface area (Å²) in [6, 6.07) is 0. The van der Waals surface area contributed by atoms with Crippen molar-refractivity contribution in [1.82, 2.24) is 4.90 Å². The maximum atomic E-state index is 10.8. The SMILES string of the molecule is COC(=O)/C=C\C1CCCN(C)C1. The maximum Gasteiger partial charge on any atom is 0.330 e. The van der Waals surface area contributed by atoms with Crippen LogP contribution < -0.4 is 0 Å². The van der Waals surface area contributed by atoms with Crippen molar-refractivity contribution < 1.29 is 9.53 Å². The number of likely N-dealkylation sites (tertiary alicyclic amines) is 1. The van der Waals surface area contributed by atoms with Gasteiger partial charge < -0.3 is 9.64 Å². The third-order valence-electron chi connectivity index (χ3n) is 2.37. The molecule has 0 radical (unpaired) electrons. The highest BCUT2D eigenvalue weighted by atomic mass is 16.5. The summed E-state index contributed by atoms with van der Waals surface area (Å²) in [5.41, 5.74) is 0. The Morgan fingerprint density at radius 2 is 2.38 bits per heavy atom. The molecule has 1 aliphatic heterocycles. The predicted octanol–water partition coefficient (Wildman–Crippen LogP) is 1.06. The second-order valence-electron chi connectivity index (χ2n) is 3.55. The number of carbonyl (C=O) groups excluding carboxylic acids is 1. The molecule has 1 fully saturated rings. The largest absolute Gasteiger partial charge is 0.466 e. The molecule has 3 nitrogen and oxygen atoms in total. The minimum absolute atomic E-state index is 0.256. The highest BCUT2D eigenvalue weighted by molar-refractivity contribution is 5.81. The van der Waals surface area contributed by atoms with Crippen molar-refractivity contribution in [2.75, 3.05) is 27.2 Å². The van der Waals surface area contributed by atoms with Crippen LogP contribution in [0.3, 0.4) is 0 Å². The van der Waals surface area contributed by atoms with Crippen molar-refractivity contribution in [2.24, 2.45) is 5.92 Å². The summed E-state index contributed by atoms with van der Waals surface area (Å²) in [4.78, 5) is 13.1. The summed E-state index contributed by atoms with van der Waals surface area (Å²) in [5.74, 6) is 0.256. The normalized spacial score (nSPS) is 24.9. The molecule has 0 N–H and O–H groups in total. The van der Waals surface area contributed by atoms with E-state index in [2.05, 4.69) is 16.7 Å². The summed E-state index contributed by atoms with van der Waals surface area (Å²) < 4.78 is 4.53. The molecule has 0 saturated carbocycles. The summed E-state index contributed by atoms with van der Waals surface area (Å²) in [6.07, 6.45) is 5.88. The smallest absolute Gasteiger partial charge is 0.330 e. The van der Waals surface area contributed by atoms with Gasteiger partial charge in [0, 0.05) is 12.6 Å². The molecular formula is C10H17NO2. The van der Waals surface area contributed by atoms with Gasteiger partial charge in [-0.15, -0.1) is 0 Å². The van der Waals surface area contributed by atoms with E-state index in [9.17, 15) is 4.79 Å². The molecule has 3 heteroatoms. The number of carbonyl (C=O) groups is 1. The zero-order valence-corrected chi connectivity index (χ0v) is 8.32. The monoisotopic (exact) mass is 183 g/mol. The molecule has 0 spiro atoms. The first-order valence-corrected chi connectivity index (χ1v) is 4.67. The Morgan fingerprint density at radius 1 is 1.62 bits per heavy atom. The van der Waals surface area contributed by atoms with E-state index >= 15 is 0 Å². The van der Waals surface area contributed by atoms with Crippen LogP contribution in [-0.4, -0.2) is 38.1 Å².